The number of hydrogen-bond acceptors (Lipinski definition) is 8. The van der Waals surface area contributed by atoms with Gasteiger partial charge in [0.2, 0.25) is 0 Å². The Morgan fingerprint density at radius 2 is 1.90 bits per heavy atom. The minimum atomic E-state index is -0.913. The lowest BCUT2D eigenvalue weighted by atomic mass is 9.91. The number of fused-ring (bicyclic) bond motifs is 3. The molecule has 1 N–H and O–H groups in total. The van der Waals surface area contributed by atoms with E-state index in [2.05, 4.69) is 20.2 Å². The van der Waals surface area contributed by atoms with Crippen LogP contribution in [0.15, 0.2) is 42.6 Å². The standard InChI is InChI=1S/C36H41ClF2N6O3/c1-34(2,3)48-33(46)43-35(4)13-7-15-44(20-35)31-25-18-40-29(24-11-5-9-22-10-6-12-26(37)27(22)24)28(39)30(25)41-32(42-31)47-21-36-14-8-16-45(36)19-23(38)17-36/h5-6,9-12,18,23H,7-8,13-17,19-21H2,1-4H3,(H,43,46)/t23-,35-,36?/m1/s1. The average Bonchev–Trinajstić information content (AvgIpc) is 3.54. The van der Waals surface area contributed by atoms with E-state index >= 15 is 4.39 Å². The predicted octanol–water partition coefficient (Wildman–Crippen LogP) is 7.48. The van der Waals surface area contributed by atoms with Crippen LogP contribution >= 0.6 is 11.6 Å². The fourth-order valence-corrected chi connectivity index (χ4v) is 8.01. The summed E-state index contributed by atoms with van der Waals surface area (Å²) in [7, 11) is 0. The van der Waals surface area contributed by atoms with Crippen molar-refractivity contribution in [1.29, 1.82) is 0 Å². The van der Waals surface area contributed by atoms with Gasteiger partial charge in [-0.25, -0.2) is 13.6 Å². The highest BCUT2D eigenvalue weighted by molar-refractivity contribution is 6.36. The molecule has 9 nitrogen and oxygen atoms in total. The number of aromatic nitrogens is 3. The van der Waals surface area contributed by atoms with Crippen LogP contribution in [0, 0.1) is 5.82 Å². The van der Waals surface area contributed by atoms with Crippen LogP contribution < -0.4 is 15.0 Å². The van der Waals surface area contributed by atoms with Crippen molar-refractivity contribution in [3.8, 4) is 17.3 Å². The van der Waals surface area contributed by atoms with E-state index in [-0.39, 0.29) is 23.8 Å². The van der Waals surface area contributed by atoms with E-state index in [1.165, 1.54) is 0 Å². The summed E-state index contributed by atoms with van der Waals surface area (Å²) >= 11 is 6.62. The first-order chi connectivity index (χ1) is 22.8. The van der Waals surface area contributed by atoms with Gasteiger partial charge in [0.1, 0.15) is 35.4 Å². The lowest BCUT2D eigenvalue weighted by molar-refractivity contribution is 0.0454. The number of alkyl halides is 1. The number of ether oxygens (including phenoxy) is 2. The van der Waals surface area contributed by atoms with Gasteiger partial charge in [0, 0.05) is 48.2 Å². The molecule has 3 fully saturated rings. The maximum absolute atomic E-state index is 16.8. The third-order valence-electron chi connectivity index (χ3n) is 9.78. The van der Waals surface area contributed by atoms with Gasteiger partial charge < -0.3 is 19.7 Å². The van der Waals surface area contributed by atoms with Gasteiger partial charge in [-0.3, -0.25) is 9.88 Å². The van der Waals surface area contributed by atoms with E-state index in [1.807, 2.05) is 56.9 Å². The molecule has 1 unspecified atom stereocenters. The van der Waals surface area contributed by atoms with Crippen LogP contribution in [-0.4, -0.2) is 81.6 Å². The maximum atomic E-state index is 16.8. The lowest BCUT2D eigenvalue weighted by Crippen LogP contribution is -2.57. The maximum Gasteiger partial charge on any atom is 0.408 e. The second-order valence-electron chi connectivity index (χ2n) is 14.7. The normalized spacial score (nSPS) is 24.6. The molecule has 0 radical (unpaired) electrons. The number of pyridine rings is 1. The number of anilines is 1. The van der Waals surface area contributed by atoms with E-state index in [4.69, 9.17) is 26.1 Å². The molecule has 3 saturated heterocycles. The van der Waals surface area contributed by atoms with E-state index < -0.39 is 34.8 Å². The fourth-order valence-electron chi connectivity index (χ4n) is 7.73. The fraction of sp³-hybridized carbons (Fsp3) is 0.500. The quantitative estimate of drug-likeness (QED) is 0.225. The molecule has 0 spiro atoms. The zero-order valence-electron chi connectivity index (χ0n) is 27.8. The smallest absolute Gasteiger partial charge is 0.408 e. The molecule has 0 saturated carbocycles. The highest BCUT2D eigenvalue weighted by Crippen LogP contribution is 2.41. The number of piperidine rings is 1. The summed E-state index contributed by atoms with van der Waals surface area (Å²) in [4.78, 5) is 31.1. The van der Waals surface area contributed by atoms with Gasteiger partial charge in [-0.1, -0.05) is 41.9 Å². The van der Waals surface area contributed by atoms with Crippen molar-refractivity contribution in [1.82, 2.24) is 25.2 Å². The molecule has 254 valence electrons. The first-order valence-corrected chi connectivity index (χ1v) is 17.0. The Balaban J connectivity index is 1.30. The number of nitrogens with zero attached hydrogens (tertiary/aromatic N) is 5. The Morgan fingerprint density at radius 3 is 2.69 bits per heavy atom. The zero-order chi connectivity index (χ0) is 33.8. The average molecular weight is 679 g/mol. The minimum Gasteiger partial charge on any atom is -0.461 e. The first-order valence-electron chi connectivity index (χ1n) is 16.7. The van der Waals surface area contributed by atoms with Crippen molar-refractivity contribution >= 4 is 45.2 Å². The van der Waals surface area contributed by atoms with Crippen molar-refractivity contribution in [2.24, 2.45) is 0 Å². The van der Waals surface area contributed by atoms with Crippen molar-refractivity contribution < 1.29 is 23.0 Å². The first kappa shape index (κ1) is 32.7. The number of hydrogen-bond donors (Lipinski definition) is 1. The summed E-state index contributed by atoms with van der Waals surface area (Å²) in [5.41, 5.74) is -0.994. The molecule has 7 rings (SSSR count). The molecule has 3 aliphatic heterocycles. The Bertz CT molecular complexity index is 1880. The van der Waals surface area contributed by atoms with Gasteiger partial charge in [-0.15, -0.1) is 0 Å². The van der Waals surface area contributed by atoms with Gasteiger partial charge in [-0.05, 0) is 71.4 Å². The van der Waals surface area contributed by atoms with Crippen LogP contribution in [0.3, 0.4) is 0 Å². The predicted molar refractivity (Wildman–Crippen MR) is 183 cm³/mol. The number of halogens is 3. The molecule has 5 heterocycles. The van der Waals surface area contributed by atoms with E-state index in [9.17, 15) is 9.18 Å². The Morgan fingerprint density at radius 1 is 1.12 bits per heavy atom. The number of rotatable bonds is 6. The van der Waals surface area contributed by atoms with Gasteiger partial charge in [-0.2, -0.15) is 9.97 Å². The second kappa shape index (κ2) is 12.2. The largest absolute Gasteiger partial charge is 0.461 e. The van der Waals surface area contributed by atoms with E-state index in [1.54, 1.807) is 18.3 Å². The van der Waals surface area contributed by atoms with Gasteiger partial charge in [0.25, 0.3) is 0 Å². The van der Waals surface area contributed by atoms with Crippen LogP contribution in [0.5, 0.6) is 6.01 Å². The number of alkyl carbamates (subject to hydrolysis) is 1. The number of benzene rings is 2. The molecule has 4 aromatic rings. The molecule has 3 atom stereocenters. The van der Waals surface area contributed by atoms with Crippen molar-refractivity contribution in [2.75, 3.05) is 37.7 Å². The van der Waals surface area contributed by atoms with Crippen LogP contribution in [-0.2, 0) is 4.74 Å². The third-order valence-corrected chi connectivity index (χ3v) is 10.1. The van der Waals surface area contributed by atoms with E-state index in [0.717, 1.165) is 37.6 Å². The molecule has 48 heavy (non-hydrogen) atoms. The summed E-state index contributed by atoms with van der Waals surface area (Å²) in [5, 5.41) is 5.52. The molecule has 0 bridgehead atoms. The molecule has 1 amide bonds. The third kappa shape index (κ3) is 6.22. The SMILES string of the molecule is CC(C)(C)OC(=O)N[C@]1(C)CCCN(c2nc(OCC34CCCN3C[C@H](F)C4)nc3c(F)c(-c4cccc5cccc(Cl)c45)ncc23)C1. The number of nitrogens with one attached hydrogen (secondary N) is 1. The van der Waals surface area contributed by atoms with E-state index in [0.29, 0.717) is 53.2 Å². The summed E-state index contributed by atoms with van der Waals surface area (Å²) in [5.74, 6) is -0.165. The number of carbonyl (C=O) groups excluding carboxylic acids is 1. The topological polar surface area (TPSA) is 92.7 Å². The van der Waals surface area contributed by atoms with Crippen LogP contribution in [0.2, 0.25) is 5.02 Å². The summed E-state index contributed by atoms with van der Waals surface area (Å²) in [6.07, 6.45) is 3.81. The van der Waals surface area contributed by atoms with Gasteiger partial charge >= 0.3 is 12.1 Å². The van der Waals surface area contributed by atoms with Crippen molar-refractivity contribution in [2.45, 2.75) is 82.6 Å². The van der Waals surface area contributed by atoms with Crippen molar-refractivity contribution in [3.63, 3.8) is 0 Å². The molecule has 2 aromatic carbocycles. The number of amides is 1. The summed E-state index contributed by atoms with van der Waals surface area (Å²) < 4.78 is 43.2. The minimum absolute atomic E-state index is 0.0143. The zero-order valence-corrected chi connectivity index (χ0v) is 28.5. The van der Waals surface area contributed by atoms with Gasteiger partial charge in [0.05, 0.1) is 16.5 Å². The van der Waals surface area contributed by atoms with Crippen LogP contribution in [0.1, 0.15) is 59.8 Å². The molecule has 2 aromatic heterocycles. The molecule has 0 aliphatic carbocycles. The Hall–Kier alpha value is -3.83. The molecule has 3 aliphatic rings. The second-order valence-corrected chi connectivity index (χ2v) is 15.1. The summed E-state index contributed by atoms with van der Waals surface area (Å²) in [6, 6.07) is 11.1. The van der Waals surface area contributed by atoms with Crippen LogP contribution in [0.4, 0.5) is 19.4 Å². The molecular formula is C36H41ClF2N6O3. The Kier molecular flexibility index (Phi) is 8.35. The van der Waals surface area contributed by atoms with Crippen LogP contribution in [0.25, 0.3) is 32.9 Å². The summed E-state index contributed by atoms with van der Waals surface area (Å²) in [6.45, 7) is 9.85. The Labute approximate surface area is 284 Å². The highest BCUT2D eigenvalue weighted by Gasteiger charge is 2.49. The lowest BCUT2D eigenvalue weighted by Gasteiger charge is -2.42. The molecular weight excluding hydrogens is 638 g/mol. The number of carbonyl (C=O) groups is 1. The molecule has 12 heteroatoms. The van der Waals surface area contributed by atoms with Gasteiger partial charge in [0.15, 0.2) is 5.82 Å². The monoisotopic (exact) mass is 678 g/mol. The van der Waals surface area contributed by atoms with Crippen molar-refractivity contribution in [3.05, 3.63) is 53.4 Å². The highest BCUT2D eigenvalue weighted by atomic mass is 35.5.